The third kappa shape index (κ3) is 4.89. The standard InChI is InChI=1S/C19H26N4O2/c1-14-6-4-10-23(13-14)11-5-9-20-19(24)17-8-3-7-16(12-17)18-21-15(2)25-22-18/h3,7-8,12,14H,4-6,9-11,13H2,1-2H3,(H,20,24)/t14-/m0/s1. The fourth-order valence-electron chi connectivity index (χ4n) is 3.31. The Kier molecular flexibility index (Phi) is 5.81. The van der Waals surface area contributed by atoms with Crippen LogP contribution in [0.4, 0.5) is 0 Å². The molecule has 1 aromatic heterocycles. The molecule has 0 saturated carbocycles. The summed E-state index contributed by atoms with van der Waals surface area (Å²) in [7, 11) is 0. The Hall–Kier alpha value is -2.21. The summed E-state index contributed by atoms with van der Waals surface area (Å²) in [4.78, 5) is 19.0. The van der Waals surface area contributed by atoms with Crippen LogP contribution < -0.4 is 5.32 Å². The minimum absolute atomic E-state index is 0.0610. The molecule has 6 nitrogen and oxygen atoms in total. The van der Waals surface area contributed by atoms with Crippen LogP contribution in [0.2, 0.25) is 0 Å². The van der Waals surface area contributed by atoms with Gasteiger partial charge in [-0.05, 0) is 50.4 Å². The van der Waals surface area contributed by atoms with Gasteiger partial charge in [-0.25, -0.2) is 0 Å². The maximum atomic E-state index is 12.3. The highest BCUT2D eigenvalue weighted by atomic mass is 16.5. The van der Waals surface area contributed by atoms with E-state index in [-0.39, 0.29) is 5.91 Å². The lowest BCUT2D eigenvalue weighted by molar-refractivity contribution is 0.0950. The normalized spacial score (nSPS) is 18.2. The van der Waals surface area contributed by atoms with Crippen LogP contribution in [0.5, 0.6) is 0 Å². The number of carbonyl (C=O) groups excluding carboxylic acids is 1. The lowest BCUT2D eigenvalue weighted by Gasteiger charge is -2.30. The van der Waals surface area contributed by atoms with Crippen molar-refractivity contribution in [3.8, 4) is 11.4 Å². The Bertz CT molecular complexity index is 713. The second-order valence-electron chi connectivity index (χ2n) is 6.88. The van der Waals surface area contributed by atoms with E-state index in [1.54, 1.807) is 19.1 Å². The van der Waals surface area contributed by atoms with Gasteiger partial charge in [-0.15, -0.1) is 0 Å². The molecule has 1 saturated heterocycles. The molecule has 1 aromatic carbocycles. The van der Waals surface area contributed by atoms with Crippen LogP contribution in [0.3, 0.4) is 0 Å². The van der Waals surface area contributed by atoms with Gasteiger partial charge < -0.3 is 14.7 Å². The van der Waals surface area contributed by atoms with Gasteiger partial charge >= 0.3 is 0 Å². The van der Waals surface area contributed by atoms with Gasteiger partial charge in [0.25, 0.3) is 5.91 Å². The molecule has 1 amide bonds. The Morgan fingerprint density at radius 3 is 3.08 bits per heavy atom. The maximum Gasteiger partial charge on any atom is 0.251 e. The van der Waals surface area contributed by atoms with Crippen molar-refractivity contribution in [2.24, 2.45) is 5.92 Å². The second-order valence-corrected chi connectivity index (χ2v) is 6.88. The molecule has 3 rings (SSSR count). The van der Waals surface area contributed by atoms with E-state index < -0.39 is 0 Å². The van der Waals surface area contributed by atoms with Gasteiger partial charge in [-0.2, -0.15) is 4.98 Å². The average Bonchev–Trinajstić information content (AvgIpc) is 3.05. The van der Waals surface area contributed by atoms with Gasteiger partial charge in [-0.3, -0.25) is 4.79 Å². The molecule has 1 fully saturated rings. The van der Waals surface area contributed by atoms with Crippen molar-refractivity contribution in [1.29, 1.82) is 0 Å². The van der Waals surface area contributed by atoms with Gasteiger partial charge in [0.05, 0.1) is 0 Å². The van der Waals surface area contributed by atoms with Crippen LogP contribution in [0.25, 0.3) is 11.4 Å². The summed E-state index contributed by atoms with van der Waals surface area (Å²) < 4.78 is 5.00. The van der Waals surface area contributed by atoms with Crippen LogP contribution >= 0.6 is 0 Å². The van der Waals surface area contributed by atoms with Gasteiger partial charge in [-0.1, -0.05) is 24.2 Å². The van der Waals surface area contributed by atoms with Crippen molar-refractivity contribution >= 4 is 5.91 Å². The number of carbonyl (C=O) groups is 1. The summed E-state index contributed by atoms with van der Waals surface area (Å²) in [5.41, 5.74) is 1.40. The van der Waals surface area contributed by atoms with Crippen molar-refractivity contribution < 1.29 is 9.32 Å². The maximum absolute atomic E-state index is 12.3. The van der Waals surface area contributed by atoms with Gasteiger partial charge in [0.15, 0.2) is 0 Å². The molecule has 1 atom stereocenters. The molecule has 134 valence electrons. The number of rotatable bonds is 6. The summed E-state index contributed by atoms with van der Waals surface area (Å²) in [5, 5.41) is 6.90. The smallest absolute Gasteiger partial charge is 0.251 e. The van der Waals surface area contributed by atoms with E-state index in [9.17, 15) is 4.79 Å². The quantitative estimate of drug-likeness (QED) is 0.817. The van der Waals surface area contributed by atoms with Gasteiger partial charge in [0.2, 0.25) is 11.7 Å². The molecule has 2 aromatic rings. The molecule has 6 heteroatoms. The van der Waals surface area contributed by atoms with Crippen molar-refractivity contribution in [2.45, 2.75) is 33.1 Å². The van der Waals surface area contributed by atoms with Crippen molar-refractivity contribution in [2.75, 3.05) is 26.2 Å². The Labute approximate surface area is 148 Å². The molecular weight excluding hydrogens is 316 g/mol. The molecule has 1 aliphatic rings. The molecule has 1 N–H and O–H groups in total. The van der Waals surface area contributed by atoms with Gasteiger partial charge in [0.1, 0.15) is 0 Å². The lowest BCUT2D eigenvalue weighted by atomic mass is 10.0. The number of benzene rings is 1. The van der Waals surface area contributed by atoms with E-state index in [1.807, 2.05) is 12.1 Å². The number of hydrogen-bond acceptors (Lipinski definition) is 5. The Morgan fingerprint density at radius 2 is 2.32 bits per heavy atom. The highest BCUT2D eigenvalue weighted by molar-refractivity contribution is 5.95. The van der Waals surface area contributed by atoms with Crippen LogP contribution in [0, 0.1) is 12.8 Å². The van der Waals surface area contributed by atoms with E-state index in [0.29, 0.717) is 23.8 Å². The van der Waals surface area contributed by atoms with Crippen LogP contribution in [-0.4, -0.2) is 47.1 Å². The molecule has 0 unspecified atom stereocenters. The summed E-state index contributed by atoms with van der Waals surface area (Å²) >= 11 is 0. The average molecular weight is 342 g/mol. The fourth-order valence-corrected chi connectivity index (χ4v) is 3.31. The highest BCUT2D eigenvalue weighted by Gasteiger charge is 2.15. The number of aromatic nitrogens is 2. The Balaban J connectivity index is 1.48. The molecule has 0 spiro atoms. The summed E-state index contributed by atoms with van der Waals surface area (Å²) in [6.45, 7) is 8.16. The first-order valence-electron chi connectivity index (χ1n) is 9.03. The van der Waals surface area contributed by atoms with E-state index >= 15 is 0 Å². The van der Waals surface area contributed by atoms with Crippen LogP contribution in [0.15, 0.2) is 28.8 Å². The zero-order chi connectivity index (χ0) is 17.6. The van der Waals surface area contributed by atoms with E-state index in [1.165, 1.54) is 25.9 Å². The zero-order valence-electron chi connectivity index (χ0n) is 15.0. The topological polar surface area (TPSA) is 71.3 Å². The molecule has 0 radical (unpaired) electrons. The number of piperidine rings is 1. The summed E-state index contributed by atoms with van der Waals surface area (Å²) in [6, 6.07) is 7.31. The number of hydrogen-bond donors (Lipinski definition) is 1. The molecule has 0 aliphatic carbocycles. The van der Waals surface area contributed by atoms with E-state index in [0.717, 1.165) is 24.4 Å². The lowest BCUT2D eigenvalue weighted by Crippen LogP contribution is -2.36. The minimum atomic E-state index is -0.0610. The molecular formula is C19H26N4O2. The minimum Gasteiger partial charge on any atom is -0.352 e. The largest absolute Gasteiger partial charge is 0.352 e. The summed E-state index contributed by atoms with van der Waals surface area (Å²) in [6.07, 6.45) is 3.60. The van der Waals surface area contributed by atoms with Crippen LogP contribution in [-0.2, 0) is 0 Å². The molecule has 25 heavy (non-hydrogen) atoms. The predicted molar refractivity (Wildman–Crippen MR) is 96.3 cm³/mol. The highest BCUT2D eigenvalue weighted by Crippen LogP contribution is 2.17. The van der Waals surface area contributed by atoms with Gasteiger partial charge in [0, 0.05) is 31.1 Å². The number of amides is 1. The van der Waals surface area contributed by atoms with Crippen molar-refractivity contribution in [3.63, 3.8) is 0 Å². The van der Waals surface area contributed by atoms with Crippen molar-refractivity contribution in [3.05, 3.63) is 35.7 Å². The van der Waals surface area contributed by atoms with Crippen molar-refractivity contribution in [1.82, 2.24) is 20.4 Å². The van der Waals surface area contributed by atoms with E-state index in [2.05, 4.69) is 27.3 Å². The third-order valence-electron chi connectivity index (χ3n) is 4.59. The number of nitrogens with zero attached hydrogens (tertiary/aromatic N) is 3. The zero-order valence-corrected chi connectivity index (χ0v) is 15.0. The molecule has 1 aliphatic heterocycles. The predicted octanol–water partition coefficient (Wildman–Crippen LogP) is 2.90. The fraction of sp³-hybridized carbons (Fsp3) is 0.526. The summed E-state index contributed by atoms with van der Waals surface area (Å²) in [5.74, 6) is 1.75. The first-order valence-corrected chi connectivity index (χ1v) is 9.03. The number of aryl methyl sites for hydroxylation is 1. The number of likely N-dealkylation sites (tertiary alicyclic amines) is 1. The number of nitrogens with one attached hydrogen (secondary N) is 1. The first kappa shape index (κ1) is 17.6. The molecule has 2 heterocycles. The Morgan fingerprint density at radius 1 is 1.44 bits per heavy atom. The SMILES string of the molecule is Cc1nc(-c2cccc(C(=O)NCCCN3CCC[C@H](C)C3)c2)no1. The third-order valence-corrected chi connectivity index (χ3v) is 4.59. The molecule has 0 bridgehead atoms. The van der Waals surface area contributed by atoms with E-state index in [4.69, 9.17) is 4.52 Å². The first-order chi connectivity index (χ1) is 12.1. The monoisotopic (exact) mass is 342 g/mol. The second kappa shape index (κ2) is 8.25. The van der Waals surface area contributed by atoms with Crippen LogP contribution in [0.1, 0.15) is 42.4 Å².